The molecule has 112 valence electrons. The van der Waals surface area contributed by atoms with E-state index in [9.17, 15) is 14.4 Å². The number of rotatable bonds is 5. The highest BCUT2D eigenvalue weighted by molar-refractivity contribution is 5.87. The number of nitrogens with one attached hydrogen (secondary N) is 1. The van der Waals surface area contributed by atoms with Crippen LogP contribution in [-0.4, -0.2) is 50.8 Å². The monoisotopic (exact) mass is 294 g/mol. The summed E-state index contributed by atoms with van der Waals surface area (Å²) in [4.78, 5) is 37.2. The molecule has 8 heteroatoms. The topological polar surface area (TPSA) is 137 Å². The van der Waals surface area contributed by atoms with Crippen LogP contribution in [0.25, 0.3) is 0 Å². The molecule has 0 radical (unpaired) electrons. The molecule has 0 amide bonds. The van der Waals surface area contributed by atoms with Gasteiger partial charge in [-0.2, -0.15) is 0 Å². The van der Waals surface area contributed by atoms with Crippen molar-refractivity contribution < 1.29 is 29.7 Å². The van der Waals surface area contributed by atoms with E-state index in [0.29, 0.717) is 5.56 Å². The van der Waals surface area contributed by atoms with Gasteiger partial charge >= 0.3 is 17.9 Å². The van der Waals surface area contributed by atoms with E-state index in [1.165, 1.54) is 6.20 Å². The van der Waals surface area contributed by atoms with Gasteiger partial charge in [0, 0.05) is 24.6 Å². The molecule has 1 aliphatic heterocycles. The number of hydrogen-bond acceptors (Lipinski definition) is 5. The Hall–Kier alpha value is -2.48. The Morgan fingerprint density at radius 3 is 2.57 bits per heavy atom. The highest BCUT2D eigenvalue weighted by atomic mass is 16.4. The molecule has 2 heterocycles. The minimum absolute atomic E-state index is 0.175. The first-order chi connectivity index (χ1) is 9.91. The Bertz CT molecular complexity index is 588. The van der Waals surface area contributed by atoms with Crippen molar-refractivity contribution in [3.05, 3.63) is 29.6 Å². The molecule has 1 saturated heterocycles. The van der Waals surface area contributed by atoms with Crippen molar-refractivity contribution in [2.75, 3.05) is 6.54 Å². The van der Waals surface area contributed by atoms with Gasteiger partial charge in [-0.15, -0.1) is 0 Å². The summed E-state index contributed by atoms with van der Waals surface area (Å²) in [7, 11) is 0. The molecule has 1 aliphatic rings. The first-order valence-electron chi connectivity index (χ1n) is 6.28. The molecule has 1 fully saturated rings. The summed E-state index contributed by atoms with van der Waals surface area (Å²) in [6.07, 6.45) is 0.971. The first-order valence-corrected chi connectivity index (χ1v) is 6.28. The van der Waals surface area contributed by atoms with Crippen LogP contribution in [0.3, 0.4) is 0 Å². The highest BCUT2D eigenvalue weighted by Gasteiger charge is 2.43. The number of aromatic nitrogens is 1. The van der Waals surface area contributed by atoms with Crippen LogP contribution >= 0.6 is 0 Å². The van der Waals surface area contributed by atoms with Gasteiger partial charge in [0.2, 0.25) is 0 Å². The SMILES string of the molecule is O=C(O)C[C@@H]1[C@@H](C(=O)O)NC[C@@H]1c1cccnc1C(=O)O. The standard InChI is InChI=1S/C13H14N2O6/c16-9(17)4-7-8(5-15-11(7)13(20)21)6-2-1-3-14-10(6)12(18)19/h1-3,7-8,11,15H,4-5H2,(H,16,17)(H,18,19)(H,20,21)/t7-,8+,11-/m0/s1. The van der Waals surface area contributed by atoms with Gasteiger partial charge in [-0.1, -0.05) is 6.07 Å². The van der Waals surface area contributed by atoms with Crippen molar-refractivity contribution in [2.24, 2.45) is 5.92 Å². The predicted molar refractivity (Wildman–Crippen MR) is 69.1 cm³/mol. The summed E-state index contributed by atoms with van der Waals surface area (Å²) in [6, 6.07) is 2.07. The molecular weight excluding hydrogens is 280 g/mol. The fourth-order valence-corrected chi connectivity index (χ4v) is 2.76. The maximum atomic E-state index is 11.2. The third-order valence-corrected chi connectivity index (χ3v) is 3.62. The van der Waals surface area contributed by atoms with Crippen molar-refractivity contribution in [3.8, 4) is 0 Å². The third kappa shape index (κ3) is 3.00. The fourth-order valence-electron chi connectivity index (χ4n) is 2.76. The second-order valence-electron chi connectivity index (χ2n) is 4.84. The maximum absolute atomic E-state index is 11.2. The second kappa shape index (κ2) is 5.88. The number of aromatic carboxylic acids is 1. The first kappa shape index (κ1) is 14.9. The zero-order valence-corrected chi connectivity index (χ0v) is 10.9. The Labute approximate surface area is 119 Å². The molecule has 0 aromatic carbocycles. The molecule has 0 spiro atoms. The van der Waals surface area contributed by atoms with Crippen LogP contribution in [0.5, 0.6) is 0 Å². The van der Waals surface area contributed by atoms with Crippen LogP contribution in [0, 0.1) is 5.92 Å². The number of carboxylic acid groups (broad SMARTS) is 3. The van der Waals surface area contributed by atoms with Gasteiger partial charge in [0.05, 0.1) is 6.42 Å². The van der Waals surface area contributed by atoms with Crippen LogP contribution in [-0.2, 0) is 9.59 Å². The van der Waals surface area contributed by atoms with Crippen LogP contribution in [0.15, 0.2) is 18.3 Å². The van der Waals surface area contributed by atoms with Crippen LogP contribution in [0.4, 0.5) is 0 Å². The van der Waals surface area contributed by atoms with E-state index in [0.717, 1.165) is 0 Å². The van der Waals surface area contributed by atoms with Crippen LogP contribution in [0.1, 0.15) is 28.4 Å². The van der Waals surface area contributed by atoms with Crippen molar-refractivity contribution in [1.82, 2.24) is 10.3 Å². The van der Waals surface area contributed by atoms with Crippen molar-refractivity contribution >= 4 is 17.9 Å². The zero-order chi connectivity index (χ0) is 15.6. The molecule has 0 bridgehead atoms. The van der Waals surface area contributed by atoms with E-state index in [1.54, 1.807) is 12.1 Å². The van der Waals surface area contributed by atoms with E-state index in [2.05, 4.69) is 10.3 Å². The molecule has 3 atom stereocenters. The van der Waals surface area contributed by atoms with Gasteiger partial charge in [0.25, 0.3) is 0 Å². The van der Waals surface area contributed by atoms with Gasteiger partial charge in [-0.25, -0.2) is 9.78 Å². The molecule has 0 saturated carbocycles. The Morgan fingerprint density at radius 1 is 1.29 bits per heavy atom. The highest BCUT2D eigenvalue weighted by Crippen LogP contribution is 2.35. The van der Waals surface area contributed by atoms with Gasteiger partial charge in [0.15, 0.2) is 5.69 Å². The van der Waals surface area contributed by atoms with E-state index in [1.807, 2.05) is 0 Å². The minimum atomic E-state index is -1.22. The Kier molecular flexibility index (Phi) is 4.18. The third-order valence-electron chi connectivity index (χ3n) is 3.62. The molecule has 0 unspecified atom stereocenters. The van der Waals surface area contributed by atoms with Gasteiger partial charge in [0.1, 0.15) is 6.04 Å². The average Bonchev–Trinajstić information content (AvgIpc) is 2.81. The molecule has 8 nitrogen and oxygen atoms in total. The predicted octanol–water partition coefficient (Wildman–Crippen LogP) is 0.0107. The quantitative estimate of drug-likeness (QED) is 0.596. The molecule has 1 aromatic heterocycles. The number of aliphatic carboxylic acids is 2. The number of carboxylic acids is 3. The molecule has 1 aromatic rings. The summed E-state index contributed by atoms with van der Waals surface area (Å²) >= 11 is 0. The lowest BCUT2D eigenvalue weighted by Crippen LogP contribution is -2.36. The molecular formula is C13H14N2O6. The lowest BCUT2D eigenvalue weighted by molar-refractivity contribution is -0.142. The largest absolute Gasteiger partial charge is 0.481 e. The molecule has 4 N–H and O–H groups in total. The van der Waals surface area contributed by atoms with Crippen LogP contribution < -0.4 is 5.32 Å². The zero-order valence-electron chi connectivity index (χ0n) is 10.9. The summed E-state index contributed by atoms with van der Waals surface area (Å²) in [5.41, 5.74) is 0.179. The van der Waals surface area contributed by atoms with Crippen molar-refractivity contribution in [2.45, 2.75) is 18.4 Å². The Balaban J connectivity index is 2.40. The minimum Gasteiger partial charge on any atom is -0.481 e. The van der Waals surface area contributed by atoms with Crippen molar-refractivity contribution in [1.29, 1.82) is 0 Å². The van der Waals surface area contributed by atoms with Gasteiger partial charge < -0.3 is 20.6 Å². The van der Waals surface area contributed by atoms with E-state index < -0.39 is 35.8 Å². The van der Waals surface area contributed by atoms with Crippen molar-refractivity contribution in [3.63, 3.8) is 0 Å². The van der Waals surface area contributed by atoms with E-state index >= 15 is 0 Å². The summed E-state index contributed by atoms with van der Waals surface area (Å²) in [6.45, 7) is 0.195. The van der Waals surface area contributed by atoms with E-state index in [-0.39, 0.29) is 18.7 Å². The average molecular weight is 294 g/mol. The van der Waals surface area contributed by atoms with Gasteiger partial charge in [-0.3, -0.25) is 9.59 Å². The smallest absolute Gasteiger partial charge is 0.354 e. The number of pyridine rings is 1. The lowest BCUT2D eigenvalue weighted by Gasteiger charge is -2.21. The summed E-state index contributed by atoms with van der Waals surface area (Å²) in [5, 5.41) is 30.0. The number of nitrogens with zero attached hydrogens (tertiary/aromatic N) is 1. The van der Waals surface area contributed by atoms with E-state index in [4.69, 9.17) is 15.3 Å². The molecule has 2 rings (SSSR count). The van der Waals surface area contributed by atoms with Gasteiger partial charge in [-0.05, 0) is 11.6 Å². The molecule has 21 heavy (non-hydrogen) atoms. The lowest BCUT2D eigenvalue weighted by atomic mass is 9.82. The summed E-state index contributed by atoms with van der Waals surface area (Å²) in [5.74, 6) is -4.76. The fraction of sp³-hybridized carbons (Fsp3) is 0.385. The second-order valence-corrected chi connectivity index (χ2v) is 4.84. The summed E-state index contributed by atoms with van der Waals surface area (Å²) < 4.78 is 0. The number of hydrogen-bond donors (Lipinski definition) is 4. The van der Waals surface area contributed by atoms with Crippen LogP contribution in [0.2, 0.25) is 0 Å². The molecule has 0 aliphatic carbocycles. The Morgan fingerprint density at radius 2 is 2.00 bits per heavy atom. The maximum Gasteiger partial charge on any atom is 0.354 e. The number of carbonyl (C=O) groups is 3. The normalized spacial score (nSPS) is 24.7.